The molecule has 4 heteroatoms. The summed E-state index contributed by atoms with van der Waals surface area (Å²) in [6.07, 6.45) is 3.90. The summed E-state index contributed by atoms with van der Waals surface area (Å²) in [5, 5.41) is 0.580. The fraction of sp³-hybridized carbons (Fsp3) is 0.0909. The van der Waals surface area contributed by atoms with Crippen molar-refractivity contribution in [2.75, 3.05) is 0 Å². The Balaban J connectivity index is 2.53. The molecule has 0 aliphatic carbocycles. The third-order valence-corrected chi connectivity index (χ3v) is 2.54. The van der Waals surface area contributed by atoms with E-state index in [2.05, 4.69) is 4.98 Å². The number of rotatable bonds is 2. The maximum Gasteiger partial charge on any atom is 0.185 e. The van der Waals surface area contributed by atoms with Crippen LogP contribution in [0.15, 0.2) is 28.9 Å². The van der Waals surface area contributed by atoms with E-state index in [1.54, 1.807) is 24.5 Å². The Labute approximate surface area is 91.7 Å². The molecule has 0 aliphatic rings. The number of aromatic nitrogens is 1. The van der Waals surface area contributed by atoms with Gasteiger partial charge in [-0.1, -0.05) is 11.6 Å². The molecule has 0 atom stereocenters. The zero-order valence-electron chi connectivity index (χ0n) is 8.03. The van der Waals surface area contributed by atoms with E-state index in [0.717, 1.165) is 11.1 Å². The van der Waals surface area contributed by atoms with Gasteiger partial charge in [0, 0.05) is 18.0 Å². The van der Waals surface area contributed by atoms with Gasteiger partial charge in [0.1, 0.15) is 5.76 Å². The first-order valence-electron chi connectivity index (χ1n) is 4.38. The zero-order chi connectivity index (χ0) is 10.8. The van der Waals surface area contributed by atoms with Crippen LogP contribution in [0.3, 0.4) is 0 Å². The van der Waals surface area contributed by atoms with Crippen LogP contribution in [0, 0.1) is 6.92 Å². The number of carbonyl (C=O) groups excluding carboxylic acids is 1. The molecule has 2 aromatic heterocycles. The number of nitrogens with zero attached hydrogens (tertiary/aromatic N) is 1. The second-order valence-electron chi connectivity index (χ2n) is 3.11. The van der Waals surface area contributed by atoms with Crippen molar-refractivity contribution in [1.82, 2.24) is 4.98 Å². The average Bonchev–Trinajstić information content (AvgIpc) is 2.70. The van der Waals surface area contributed by atoms with Crippen LogP contribution in [-0.4, -0.2) is 11.3 Å². The molecule has 15 heavy (non-hydrogen) atoms. The fourth-order valence-electron chi connectivity index (χ4n) is 1.31. The van der Waals surface area contributed by atoms with Gasteiger partial charge in [-0.25, -0.2) is 0 Å². The normalized spacial score (nSPS) is 10.3. The van der Waals surface area contributed by atoms with Crippen molar-refractivity contribution in [3.8, 4) is 11.3 Å². The summed E-state index contributed by atoms with van der Waals surface area (Å²) in [6, 6.07) is 3.34. The zero-order valence-corrected chi connectivity index (χ0v) is 8.78. The van der Waals surface area contributed by atoms with E-state index in [0.29, 0.717) is 22.8 Å². The number of aldehydes is 1. The summed E-state index contributed by atoms with van der Waals surface area (Å²) in [6.45, 7) is 1.88. The van der Waals surface area contributed by atoms with Crippen LogP contribution in [0.1, 0.15) is 16.1 Å². The van der Waals surface area contributed by atoms with Gasteiger partial charge in [0.2, 0.25) is 0 Å². The van der Waals surface area contributed by atoms with E-state index >= 15 is 0 Å². The second-order valence-corrected chi connectivity index (χ2v) is 3.52. The summed E-state index contributed by atoms with van der Waals surface area (Å²) in [4.78, 5) is 14.4. The molecule has 0 aliphatic heterocycles. The van der Waals surface area contributed by atoms with Gasteiger partial charge in [-0.05, 0) is 24.6 Å². The SMILES string of the molecule is Cc1c(Cl)cncc1-c1ccc(C=O)o1. The lowest BCUT2D eigenvalue weighted by Crippen LogP contribution is -1.84. The Hall–Kier alpha value is -1.61. The summed E-state index contributed by atoms with van der Waals surface area (Å²) in [5.74, 6) is 0.897. The highest BCUT2D eigenvalue weighted by Gasteiger charge is 2.09. The van der Waals surface area contributed by atoms with Crippen LogP contribution in [0.2, 0.25) is 5.02 Å². The van der Waals surface area contributed by atoms with E-state index in [4.69, 9.17) is 16.0 Å². The Morgan fingerprint density at radius 3 is 2.87 bits per heavy atom. The molecule has 0 unspecified atom stereocenters. The van der Waals surface area contributed by atoms with Gasteiger partial charge in [0.15, 0.2) is 12.0 Å². The van der Waals surface area contributed by atoms with Crippen molar-refractivity contribution >= 4 is 17.9 Å². The van der Waals surface area contributed by atoms with Gasteiger partial charge in [-0.2, -0.15) is 0 Å². The number of hydrogen-bond donors (Lipinski definition) is 0. The third-order valence-electron chi connectivity index (χ3n) is 2.16. The molecule has 76 valence electrons. The first kappa shape index (κ1) is 9.93. The minimum absolute atomic E-state index is 0.296. The molecule has 0 aromatic carbocycles. The highest BCUT2D eigenvalue weighted by Crippen LogP contribution is 2.28. The van der Waals surface area contributed by atoms with Crippen LogP contribution < -0.4 is 0 Å². The van der Waals surface area contributed by atoms with Gasteiger partial charge < -0.3 is 4.42 Å². The first-order chi connectivity index (χ1) is 7.22. The molecule has 0 amide bonds. The Kier molecular flexibility index (Phi) is 2.56. The number of hydrogen-bond acceptors (Lipinski definition) is 3. The first-order valence-corrected chi connectivity index (χ1v) is 4.75. The average molecular weight is 222 g/mol. The minimum atomic E-state index is 0.296. The largest absolute Gasteiger partial charge is 0.453 e. The molecule has 3 nitrogen and oxygen atoms in total. The molecule has 0 saturated heterocycles. The third kappa shape index (κ3) is 1.78. The molecule has 2 heterocycles. The Bertz CT molecular complexity index is 505. The van der Waals surface area contributed by atoms with Crippen molar-refractivity contribution in [1.29, 1.82) is 0 Å². The number of furan rings is 1. The van der Waals surface area contributed by atoms with Gasteiger partial charge in [-0.15, -0.1) is 0 Å². The summed E-state index contributed by atoms with van der Waals surface area (Å²) < 4.78 is 5.29. The predicted octanol–water partition coefficient (Wildman–Crippen LogP) is 3.12. The standard InChI is InChI=1S/C11H8ClNO2/c1-7-9(4-13-5-10(7)12)11-3-2-8(6-14)15-11/h2-6H,1H3. The molecule has 2 aromatic rings. The van der Waals surface area contributed by atoms with Gasteiger partial charge in [-0.3, -0.25) is 9.78 Å². The van der Waals surface area contributed by atoms with Crippen molar-refractivity contribution in [3.05, 3.63) is 40.9 Å². The lowest BCUT2D eigenvalue weighted by molar-refractivity contribution is 0.110. The summed E-state index contributed by atoms with van der Waals surface area (Å²) in [5.41, 5.74) is 1.69. The Morgan fingerprint density at radius 2 is 2.20 bits per heavy atom. The molecular formula is C11H8ClNO2. The van der Waals surface area contributed by atoms with Crippen molar-refractivity contribution < 1.29 is 9.21 Å². The maximum absolute atomic E-state index is 10.5. The van der Waals surface area contributed by atoms with Gasteiger partial charge in [0.25, 0.3) is 0 Å². The van der Waals surface area contributed by atoms with Crippen molar-refractivity contribution in [2.45, 2.75) is 6.92 Å². The van der Waals surface area contributed by atoms with Gasteiger partial charge >= 0.3 is 0 Å². The lowest BCUT2D eigenvalue weighted by atomic mass is 10.1. The highest BCUT2D eigenvalue weighted by molar-refractivity contribution is 6.31. The summed E-state index contributed by atoms with van der Waals surface area (Å²) >= 11 is 5.93. The van der Waals surface area contributed by atoms with E-state index in [9.17, 15) is 4.79 Å². The van der Waals surface area contributed by atoms with Crippen molar-refractivity contribution in [3.63, 3.8) is 0 Å². The fourth-order valence-corrected chi connectivity index (χ4v) is 1.47. The van der Waals surface area contributed by atoms with E-state index in [1.165, 1.54) is 0 Å². The van der Waals surface area contributed by atoms with Crippen LogP contribution in [0.5, 0.6) is 0 Å². The molecule has 0 spiro atoms. The lowest BCUT2D eigenvalue weighted by Gasteiger charge is -2.02. The Morgan fingerprint density at radius 1 is 1.40 bits per heavy atom. The topological polar surface area (TPSA) is 43.1 Å². The molecule has 0 N–H and O–H groups in total. The molecule has 2 rings (SSSR count). The quantitative estimate of drug-likeness (QED) is 0.732. The van der Waals surface area contributed by atoms with E-state index in [1.807, 2.05) is 6.92 Å². The number of pyridine rings is 1. The molecule has 0 saturated carbocycles. The van der Waals surface area contributed by atoms with Crippen LogP contribution in [0.4, 0.5) is 0 Å². The van der Waals surface area contributed by atoms with Crippen LogP contribution in [0.25, 0.3) is 11.3 Å². The van der Waals surface area contributed by atoms with E-state index in [-0.39, 0.29) is 0 Å². The second kappa shape index (κ2) is 3.87. The molecular weight excluding hydrogens is 214 g/mol. The predicted molar refractivity (Wildman–Crippen MR) is 57.1 cm³/mol. The number of halogens is 1. The minimum Gasteiger partial charge on any atom is -0.453 e. The van der Waals surface area contributed by atoms with Crippen molar-refractivity contribution in [2.24, 2.45) is 0 Å². The molecule has 0 radical (unpaired) electrons. The smallest absolute Gasteiger partial charge is 0.185 e. The van der Waals surface area contributed by atoms with Gasteiger partial charge in [0.05, 0.1) is 5.02 Å². The molecule has 0 bridgehead atoms. The number of carbonyl (C=O) groups is 1. The maximum atomic E-state index is 10.5. The monoisotopic (exact) mass is 221 g/mol. The van der Waals surface area contributed by atoms with Crippen LogP contribution >= 0.6 is 11.6 Å². The highest BCUT2D eigenvalue weighted by atomic mass is 35.5. The summed E-state index contributed by atoms with van der Waals surface area (Å²) in [7, 11) is 0. The van der Waals surface area contributed by atoms with Crippen LogP contribution in [-0.2, 0) is 0 Å². The molecule has 0 fully saturated rings. The van der Waals surface area contributed by atoms with E-state index < -0.39 is 0 Å².